The number of halogens is 2. The van der Waals surface area contributed by atoms with Gasteiger partial charge in [-0.3, -0.25) is 0 Å². The zero-order valence-corrected chi connectivity index (χ0v) is 11.7. The maximum atomic E-state index is 4.54. The van der Waals surface area contributed by atoms with Crippen LogP contribution in [-0.2, 0) is 0 Å². The first-order chi connectivity index (χ1) is 6.15. The van der Waals surface area contributed by atoms with Gasteiger partial charge in [-0.1, -0.05) is 18.8 Å². The number of fused-ring (bicyclic) bond motifs is 1. The zero-order chi connectivity index (χ0) is 9.42. The Labute approximate surface area is 105 Å². The molecule has 0 unspecified atom stereocenters. The van der Waals surface area contributed by atoms with Gasteiger partial charge in [0.05, 0.1) is 11.4 Å². The van der Waals surface area contributed by atoms with E-state index in [1.807, 2.05) is 0 Å². The molecule has 0 aromatic rings. The van der Waals surface area contributed by atoms with Gasteiger partial charge in [-0.25, -0.2) is 4.99 Å². The van der Waals surface area contributed by atoms with Crippen LogP contribution in [0.4, 0.5) is 0 Å². The Hall–Kier alpha value is -0.443. The van der Waals surface area contributed by atoms with Gasteiger partial charge in [0.2, 0.25) is 0 Å². The third kappa shape index (κ3) is 3.26. The molecule has 0 aromatic heterocycles. The van der Waals surface area contributed by atoms with E-state index in [4.69, 9.17) is 0 Å². The van der Waals surface area contributed by atoms with Crippen LogP contribution in [0.1, 0.15) is 6.92 Å². The van der Waals surface area contributed by atoms with Crippen LogP contribution in [0.5, 0.6) is 0 Å². The quantitative estimate of drug-likeness (QED) is 0.642. The lowest BCUT2D eigenvalue weighted by atomic mass is 10.2. The highest BCUT2D eigenvalue weighted by Crippen LogP contribution is 2.28. The van der Waals surface area contributed by atoms with Crippen molar-refractivity contribution in [1.82, 2.24) is 0 Å². The molecule has 0 aromatic carbocycles. The molecule has 0 atom stereocenters. The van der Waals surface area contributed by atoms with Gasteiger partial charge >= 0.3 is 0 Å². The predicted octanol–water partition coefficient (Wildman–Crippen LogP) is 3.19. The average Bonchev–Trinajstić information content (AvgIpc) is 2.41. The van der Waals surface area contributed by atoms with E-state index in [1.165, 1.54) is 11.1 Å². The first-order valence-electron chi connectivity index (χ1n) is 4.51. The Balaban J connectivity index is 0.000000980. The fraction of sp³-hybridized carbons (Fsp3) is 0.273. The summed E-state index contributed by atoms with van der Waals surface area (Å²) in [4.78, 5) is 4.54. The molecule has 0 radical (unpaired) electrons. The lowest BCUT2D eigenvalue weighted by Crippen LogP contribution is -2.01. The smallest absolute Gasteiger partial charge is 0.0712 e. The summed E-state index contributed by atoms with van der Waals surface area (Å²) in [5, 5.41) is 0. The van der Waals surface area contributed by atoms with Gasteiger partial charge in [0, 0.05) is 14.0 Å². The second-order valence-corrected chi connectivity index (χ2v) is 6.22. The van der Waals surface area contributed by atoms with Crippen molar-refractivity contribution >= 4 is 44.6 Å². The van der Waals surface area contributed by atoms with E-state index in [0.29, 0.717) is 0 Å². The van der Waals surface area contributed by atoms with Crippen LogP contribution in [0, 0.1) is 0 Å². The summed E-state index contributed by atoms with van der Waals surface area (Å²) in [6.07, 6.45) is 6.52. The Morgan fingerprint density at radius 1 is 1.13 bits per heavy atom. The van der Waals surface area contributed by atoms with E-state index in [0.717, 1.165) is 11.4 Å². The molecule has 4 heteroatoms. The second-order valence-electron chi connectivity index (χ2n) is 3.78. The molecule has 15 heavy (non-hydrogen) atoms. The van der Waals surface area contributed by atoms with E-state index in [-0.39, 0.29) is 33.2 Å². The molecular formula is C11H15Cl2NSi. The molecule has 0 fully saturated rings. The largest absolute Gasteiger partial charge is 0.249 e. The summed E-state index contributed by atoms with van der Waals surface area (Å²) in [7, 11) is -0.310. The average molecular weight is 260 g/mol. The van der Waals surface area contributed by atoms with E-state index in [2.05, 4.69) is 48.9 Å². The maximum Gasteiger partial charge on any atom is 0.0712 e. The Morgan fingerprint density at radius 3 is 2.33 bits per heavy atom. The predicted molar refractivity (Wildman–Crippen MR) is 75.4 cm³/mol. The topological polar surface area (TPSA) is 12.4 Å². The highest BCUT2D eigenvalue weighted by Gasteiger charge is 2.14. The summed E-state index contributed by atoms with van der Waals surface area (Å²) < 4.78 is 0. The Bertz CT molecular complexity index is 410. The molecule has 0 bridgehead atoms. The molecule has 0 spiro atoms. The minimum atomic E-state index is -0.310. The van der Waals surface area contributed by atoms with E-state index >= 15 is 0 Å². The van der Waals surface area contributed by atoms with Crippen molar-refractivity contribution in [2.75, 3.05) is 0 Å². The van der Waals surface area contributed by atoms with Gasteiger partial charge in [-0.2, -0.15) is 0 Å². The first-order valence-corrected chi connectivity index (χ1v) is 7.08. The van der Waals surface area contributed by atoms with E-state index < -0.39 is 0 Å². The van der Waals surface area contributed by atoms with Crippen LogP contribution < -0.4 is 0 Å². The summed E-state index contributed by atoms with van der Waals surface area (Å²) in [5.74, 6) is 0. The SMILES string of the molecule is CC1=CC2=CC(C=[Si](C)C)=NC2=C1.Cl.Cl. The third-order valence-corrected chi connectivity index (χ3v) is 2.91. The minimum Gasteiger partial charge on any atom is -0.249 e. The molecule has 2 aliphatic rings. The second kappa shape index (κ2) is 5.59. The lowest BCUT2D eigenvalue weighted by molar-refractivity contribution is 1.42. The van der Waals surface area contributed by atoms with Gasteiger partial charge < -0.3 is 0 Å². The molecule has 1 aliphatic heterocycles. The number of nitrogens with zero attached hydrogens (tertiary/aromatic N) is 1. The van der Waals surface area contributed by atoms with Crippen molar-refractivity contribution in [3.05, 3.63) is 35.1 Å². The van der Waals surface area contributed by atoms with Crippen molar-refractivity contribution in [3.8, 4) is 0 Å². The Kier molecular flexibility index (Phi) is 5.42. The van der Waals surface area contributed by atoms with E-state index in [1.54, 1.807) is 0 Å². The fourth-order valence-corrected chi connectivity index (χ4v) is 2.31. The molecule has 0 amide bonds. The van der Waals surface area contributed by atoms with Crippen molar-refractivity contribution in [3.63, 3.8) is 0 Å². The first kappa shape index (κ1) is 14.6. The van der Waals surface area contributed by atoms with Crippen LogP contribution >= 0.6 is 24.8 Å². The van der Waals surface area contributed by atoms with Gasteiger partial charge in [-0.05, 0) is 30.7 Å². The van der Waals surface area contributed by atoms with Crippen LogP contribution in [0.3, 0.4) is 0 Å². The number of aliphatic imine (C=N–C) groups is 1. The normalized spacial score (nSPS) is 16.2. The highest BCUT2D eigenvalue weighted by atomic mass is 35.5. The summed E-state index contributed by atoms with van der Waals surface area (Å²) in [5.41, 5.74) is 7.19. The van der Waals surface area contributed by atoms with Gasteiger partial charge in [-0.15, -0.1) is 24.8 Å². The molecule has 82 valence electrons. The Morgan fingerprint density at radius 2 is 1.80 bits per heavy atom. The molecule has 0 N–H and O–H groups in total. The number of rotatable bonds is 1. The minimum absolute atomic E-state index is 0. The maximum absolute atomic E-state index is 4.54. The zero-order valence-electron chi connectivity index (χ0n) is 9.07. The van der Waals surface area contributed by atoms with Crippen molar-refractivity contribution < 1.29 is 0 Å². The molecule has 1 nitrogen and oxygen atoms in total. The number of hydrogen-bond acceptors (Lipinski definition) is 1. The van der Waals surface area contributed by atoms with Gasteiger partial charge in [0.1, 0.15) is 0 Å². The summed E-state index contributed by atoms with van der Waals surface area (Å²) in [6.45, 7) is 6.66. The third-order valence-electron chi connectivity index (χ3n) is 2.03. The van der Waals surface area contributed by atoms with Crippen molar-refractivity contribution in [2.45, 2.75) is 20.0 Å². The van der Waals surface area contributed by atoms with Crippen molar-refractivity contribution in [1.29, 1.82) is 0 Å². The van der Waals surface area contributed by atoms with Crippen molar-refractivity contribution in [2.24, 2.45) is 4.99 Å². The fourth-order valence-electron chi connectivity index (χ4n) is 1.57. The van der Waals surface area contributed by atoms with E-state index in [9.17, 15) is 0 Å². The summed E-state index contributed by atoms with van der Waals surface area (Å²) in [6, 6.07) is 0. The van der Waals surface area contributed by atoms with Crippen LogP contribution in [0.25, 0.3) is 0 Å². The van der Waals surface area contributed by atoms with Crippen LogP contribution in [-0.4, -0.2) is 19.8 Å². The molecular weight excluding hydrogens is 245 g/mol. The molecule has 0 saturated carbocycles. The van der Waals surface area contributed by atoms with Gasteiger partial charge in [0.25, 0.3) is 0 Å². The van der Waals surface area contributed by atoms with Gasteiger partial charge in [0.15, 0.2) is 0 Å². The standard InChI is InChI=1S/C11H13NSi.2ClH/c1-8-4-9-6-10(7-13(2)3)12-11(9)5-8;;/h4-7H,1-3H3;2*1H. The summed E-state index contributed by atoms with van der Waals surface area (Å²) >= 11 is 0. The molecule has 1 heterocycles. The molecule has 1 aliphatic carbocycles. The van der Waals surface area contributed by atoms with Crippen LogP contribution in [0.15, 0.2) is 40.1 Å². The number of allylic oxidation sites excluding steroid dienone is 4. The van der Waals surface area contributed by atoms with Crippen LogP contribution in [0.2, 0.25) is 13.1 Å². The molecule has 0 saturated heterocycles. The monoisotopic (exact) mass is 259 g/mol. The molecule has 2 rings (SSSR count). The number of hydrogen-bond donors (Lipinski definition) is 0. The highest BCUT2D eigenvalue weighted by molar-refractivity contribution is 6.76. The lowest BCUT2D eigenvalue weighted by Gasteiger charge is -1.88.